The van der Waals surface area contributed by atoms with Crippen LogP contribution in [0.5, 0.6) is 0 Å². The third-order valence-corrected chi connectivity index (χ3v) is 6.47. The van der Waals surface area contributed by atoms with Crippen molar-refractivity contribution in [2.45, 2.75) is 69.1 Å². The summed E-state index contributed by atoms with van der Waals surface area (Å²) in [6.45, 7) is 3.25. The lowest BCUT2D eigenvalue weighted by Gasteiger charge is -2.44. The predicted molar refractivity (Wildman–Crippen MR) is 121 cm³/mol. The fourth-order valence-electron chi connectivity index (χ4n) is 4.54. The molecule has 2 atom stereocenters. The van der Waals surface area contributed by atoms with E-state index in [9.17, 15) is 31.1 Å². The number of nitrogens with zero attached hydrogens (tertiary/aromatic N) is 1. The summed E-state index contributed by atoms with van der Waals surface area (Å²) in [5.41, 5.74) is 1.02. The molecule has 14 heteroatoms. The van der Waals surface area contributed by atoms with Gasteiger partial charge in [0.1, 0.15) is 12.1 Å². The molecule has 0 radical (unpaired) electrons. The molecule has 214 valence electrons. The molecular formula is C24H30F6N2O6. The molecule has 1 unspecified atom stereocenters. The minimum atomic E-state index is -5.08. The van der Waals surface area contributed by atoms with Crippen molar-refractivity contribution >= 4 is 17.9 Å². The molecule has 5 rings (SSSR count). The summed E-state index contributed by atoms with van der Waals surface area (Å²) < 4.78 is 69.5. The van der Waals surface area contributed by atoms with Gasteiger partial charge in [-0.1, -0.05) is 43.2 Å². The molecule has 8 nitrogen and oxygen atoms in total. The predicted octanol–water partition coefficient (Wildman–Crippen LogP) is 4.16. The zero-order chi connectivity index (χ0) is 28.5. The Bertz CT molecular complexity index is 889. The Kier molecular flexibility index (Phi) is 11.4. The van der Waals surface area contributed by atoms with Crippen LogP contribution in [0.25, 0.3) is 0 Å². The van der Waals surface area contributed by atoms with Crippen molar-refractivity contribution in [1.29, 1.82) is 0 Å². The molecule has 4 aliphatic rings. The van der Waals surface area contributed by atoms with Crippen molar-refractivity contribution < 1.29 is 55.7 Å². The first-order valence-electron chi connectivity index (χ1n) is 12.0. The second-order valence-electron chi connectivity index (χ2n) is 9.21. The van der Waals surface area contributed by atoms with E-state index in [4.69, 9.17) is 24.5 Å². The first-order valence-corrected chi connectivity index (χ1v) is 12.0. The number of esters is 1. The Morgan fingerprint density at radius 1 is 0.868 bits per heavy atom. The summed E-state index contributed by atoms with van der Waals surface area (Å²) >= 11 is 0. The molecule has 0 spiro atoms. The third-order valence-electron chi connectivity index (χ3n) is 6.47. The Hall–Kier alpha value is -2.87. The minimum absolute atomic E-state index is 0.0802. The number of alkyl halides is 6. The first-order chi connectivity index (χ1) is 17.7. The highest BCUT2D eigenvalue weighted by atomic mass is 19.4. The Labute approximate surface area is 214 Å². The molecule has 1 saturated carbocycles. The number of benzene rings is 1. The fourth-order valence-corrected chi connectivity index (χ4v) is 4.54. The molecule has 4 fully saturated rings. The zero-order valence-corrected chi connectivity index (χ0v) is 20.3. The normalized spacial score (nSPS) is 23.8. The van der Waals surface area contributed by atoms with Crippen molar-refractivity contribution in [3.8, 4) is 0 Å². The van der Waals surface area contributed by atoms with E-state index in [0.717, 1.165) is 24.9 Å². The number of carbonyl (C=O) groups is 3. The third kappa shape index (κ3) is 10.1. The van der Waals surface area contributed by atoms with E-state index in [1.807, 2.05) is 30.3 Å². The number of carboxylic acids is 2. The molecule has 1 aromatic rings. The van der Waals surface area contributed by atoms with Gasteiger partial charge in [-0.05, 0) is 50.3 Å². The molecule has 0 aromatic heterocycles. The quantitative estimate of drug-likeness (QED) is 0.366. The van der Waals surface area contributed by atoms with Crippen molar-refractivity contribution in [3.05, 3.63) is 35.9 Å². The topological polar surface area (TPSA) is 116 Å². The van der Waals surface area contributed by atoms with Crippen LogP contribution in [0.2, 0.25) is 0 Å². The van der Waals surface area contributed by atoms with Gasteiger partial charge in [-0.15, -0.1) is 0 Å². The molecule has 3 aliphatic heterocycles. The average Bonchev–Trinajstić information content (AvgIpc) is 3.37. The van der Waals surface area contributed by atoms with Gasteiger partial charge in [-0.2, -0.15) is 26.3 Å². The molecule has 1 aromatic carbocycles. The second kappa shape index (κ2) is 13.8. The minimum Gasteiger partial charge on any atom is -0.475 e. The summed E-state index contributed by atoms with van der Waals surface area (Å²) in [5.74, 6) is -5.05. The summed E-state index contributed by atoms with van der Waals surface area (Å²) in [4.78, 5) is 33.2. The Balaban J connectivity index is 0.000000301. The molecule has 3 saturated heterocycles. The van der Waals surface area contributed by atoms with E-state index < -0.39 is 24.3 Å². The maximum Gasteiger partial charge on any atom is 0.490 e. The van der Waals surface area contributed by atoms with Gasteiger partial charge in [-0.25, -0.2) is 14.4 Å². The maximum absolute atomic E-state index is 13.0. The molecule has 2 bridgehead atoms. The number of aliphatic carboxylic acids is 2. The standard InChI is InChI=1S/C20H28N2O2.2C2HF3O2/c23-20(24-18-14-22-12-10-15(18)11-13-22)19(16-6-2-1-3-7-16)21-17-8-4-5-9-17;2*3-2(4,5)1(6)7/h1-3,6-7,15,17-19,21H,4-5,8-14H2;2*(H,6,7)/t18-,19?;;/m0../s1. The first kappa shape index (κ1) is 31.3. The lowest BCUT2D eigenvalue weighted by molar-refractivity contribution is -0.193. The van der Waals surface area contributed by atoms with Gasteiger partial charge in [0.15, 0.2) is 0 Å². The number of carbonyl (C=O) groups excluding carboxylic acids is 1. The Morgan fingerprint density at radius 2 is 1.34 bits per heavy atom. The molecule has 1 aliphatic carbocycles. The molecule has 3 N–H and O–H groups in total. The highest BCUT2D eigenvalue weighted by Crippen LogP contribution is 2.31. The van der Waals surface area contributed by atoms with Crippen LogP contribution < -0.4 is 5.32 Å². The van der Waals surface area contributed by atoms with Gasteiger partial charge < -0.3 is 14.9 Å². The number of carboxylic acid groups (broad SMARTS) is 2. The van der Waals surface area contributed by atoms with Crippen LogP contribution >= 0.6 is 0 Å². The van der Waals surface area contributed by atoms with Gasteiger partial charge >= 0.3 is 30.3 Å². The highest BCUT2D eigenvalue weighted by molar-refractivity contribution is 5.78. The smallest absolute Gasteiger partial charge is 0.475 e. The van der Waals surface area contributed by atoms with Crippen LogP contribution in [0.4, 0.5) is 26.3 Å². The molecule has 0 amide bonds. The van der Waals surface area contributed by atoms with Crippen LogP contribution in [0.1, 0.15) is 50.1 Å². The maximum atomic E-state index is 13.0. The zero-order valence-electron chi connectivity index (χ0n) is 20.3. The van der Waals surface area contributed by atoms with E-state index in [-0.39, 0.29) is 18.1 Å². The largest absolute Gasteiger partial charge is 0.490 e. The van der Waals surface area contributed by atoms with Gasteiger partial charge in [0.2, 0.25) is 0 Å². The molecule has 38 heavy (non-hydrogen) atoms. The van der Waals surface area contributed by atoms with Crippen molar-refractivity contribution in [2.75, 3.05) is 19.6 Å². The average molecular weight is 557 g/mol. The van der Waals surface area contributed by atoms with Gasteiger partial charge in [0.25, 0.3) is 0 Å². The summed E-state index contributed by atoms with van der Waals surface area (Å²) in [5, 5.41) is 17.8. The number of nitrogens with one attached hydrogen (secondary N) is 1. The Morgan fingerprint density at radius 3 is 1.74 bits per heavy atom. The van der Waals surface area contributed by atoms with Gasteiger partial charge in [0.05, 0.1) is 0 Å². The van der Waals surface area contributed by atoms with Crippen molar-refractivity contribution in [3.63, 3.8) is 0 Å². The van der Waals surface area contributed by atoms with Crippen LogP contribution in [0.3, 0.4) is 0 Å². The lowest BCUT2D eigenvalue weighted by atomic mass is 9.86. The summed E-state index contributed by atoms with van der Waals surface area (Å²) in [6, 6.07) is 10.2. The summed E-state index contributed by atoms with van der Waals surface area (Å²) in [6.07, 6.45) is -2.90. The van der Waals surface area contributed by atoms with Crippen LogP contribution in [-0.4, -0.2) is 77.2 Å². The molecular weight excluding hydrogens is 526 g/mol. The number of halogens is 6. The van der Waals surface area contributed by atoms with Crippen LogP contribution in [0.15, 0.2) is 30.3 Å². The number of rotatable bonds is 5. The van der Waals surface area contributed by atoms with Crippen LogP contribution in [-0.2, 0) is 19.1 Å². The van der Waals surface area contributed by atoms with E-state index in [0.29, 0.717) is 12.0 Å². The number of hydrogen-bond donors (Lipinski definition) is 3. The second-order valence-corrected chi connectivity index (χ2v) is 9.21. The molecule has 3 heterocycles. The fraction of sp³-hybridized carbons (Fsp3) is 0.625. The number of ether oxygens (including phenoxy) is 1. The van der Waals surface area contributed by atoms with Crippen LogP contribution in [0, 0.1) is 5.92 Å². The van der Waals surface area contributed by atoms with Gasteiger partial charge in [-0.3, -0.25) is 10.2 Å². The van der Waals surface area contributed by atoms with E-state index in [2.05, 4.69) is 10.2 Å². The van der Waals surface area contributed by atoms with E-state index in [1.165, 1.54) is 38.8 Å². The lowest BCUT2D eigenvalue weighted by Crippen LogP contribution is -2.52. The van der Waals surface area contributed by atoms with Crippen molar-refractivity contribution in [2.24, 2.45) is 5.92 Å². The number of hydrogen-bond acceptors (Lipinski definition) is 6. The number of piperidine rings is 3. The van der Waals surface area contributed by atoms with Gasteiger partial charge in [0, 0.05) is 12.6 Å². The van der Waals surface area contributed by atoms with Crippen molar-refractivity contribution in [1.82, 2.24) is 10.2 Å². The highest BCUT2D eigenvalue weighted by Gasteiger charge is 2.39. The van der Waals surface area contributed by atoms with E-state index >= 15 is 0 Å². The summed E-state index contributed by atoms with van der Waals surface area (Å²) in [7, 11) is 0. The van der Waals surface area contributed by atoms with E-state index in [1.54, 1.807) is 0 Å². The monoisotopic (exact) mass is 556 g/mol. The number of fused-ring (bicyclic) bond motifs is 3. The SMILES string of the molecule is O=C(O)C(F)(F)F.O=C(O)C(F)(F)F.O=C(O[C@H]1CN2CCC1CC2)C(NC1CCCC1)c1ccccc1.